The van der Waals surface area contributed by atoms with Crippen molar-refractivity contribution in [1.29, 1.82) is 0 Å². The van der Waals surface area contributed by atoms with Crippen molar-refractivity contribution in [2.75, 3.05) is 19.0 Å². The molecule has 0 spiro atoms. The highest BCUT2D eigenvalue weighted by molar-refractivity contribution is 5.89. The zero-order chi connectivity index (χ0) is 17.0. The largest absolute Gasteiger partial charge is 0.382 e. The van der Waals surface area contributed by atoms with Gasteiger partial charge in [-0.05, 0) is 19.4 Å². The molecule has 2 rings (SSSR count). The van der Waals surface area contributed by atoms with E-state index in [1.165, 1.54) is 0 Å². The number of anilines is 1. The molecule has 0 bridgehead atoms. The van der Waals surface area contributed by atoms with Gasteiger partial charge in [-0.15, -0.1) is 0 Å². The lowest BCUT2D eigenvalue weighted by molar-refractivity contribution is 0.165. The van der Waals surface area contributed by atoms with Crippen LogP contribution in [0.5, 0.6) is 0 Å². The number of amides is 2. The van der Waals surface area contributed by atoms with Gasteiger partial charge in [-0.2, -0.15) is 10.2 Å². The molecule has 8 heteroatoms. The number of carbonyl (C=O) groups excluding carboxylic acids is 1. The molecule has 2 amide bonds. The van der Waals surface area contributed by atoms with Crippen molar-refractivity contribution in [3.05, 3.63) is 29.2 Å². The molecule has 2 aromatic rings. The average molecular weight is 320 g/mol. The Hall–Kier alpha value is -2.35. The summed E-state index contributed by atoms with van der Waals surface area (Å²) in [6.07, 6.45) is 2.51. The molecule has 1 atom stereocenters. The number of nitrogens with one attached hydrogen (secondary N) is 2. The molecule has 0 saturated heterocycles. The van der Waals surface area contributed by atoms with Crippen molar-refractivity contribution in [3.63, 3.8) is 0 Å². The van der Waals surface area contributed by atoms with Crippen LogP contribution in [-0.2, 0) is 25.3 Å². The maximum atomic E-state index is 12.4. The SMILES string of the molecule is CCc1nn(C)c(NC(=O)NC(COC)c2ccnn2C)c1C. The quantitative estimate of drug-likeness (QED) is 0.845. The van der Waals surface area contributed by atoms with Crippen LogP contribution in [0.1, 0.15) is 29.9 Å². The molecule has 0 aliphatic carbocycles. The molecule has 2 aromatic heterocycles. The van der Waals surface area contributed by atoms with Crippen molar-refractivity contribution < 1.29 is 9.53 Å². The zero-order valence-electron chi connectivity index (χ0n) is 14.3. The first-order valence-corrected chi connectivity index (χ1v) is 7.54. The lowest BCUT2D eigenvalue weighted by atomic mass is 10.2. The molecule has 1 unspecified atom stereocenters. The second kappa shape index (κ2) is 7.28. The predicted molar refractivity (Wildman–Crippen MR) is 87.3 cm³/mol. The standard InChI is InChI=1S/C15H24N6O2/c1-6-11-10(2)14(21(4)19-11)18-15(22)17-12(9-23-5)13-7-8-16-20(13)3/h7-8,12H,6,9H2,1-5H3,(H2,17,18,22). The zero-order valence-corrected chi connectivity index (χ0v) is 14.3. The number of hydrogen-bond donors (Lipinski definition) is 2. The second-order valence-corrected chi connectivity index (χ2v) is 5.38. The van der Waals surface area contributed by atoms with Crippen LogP contribution in [0.25, 0.3) is 0 Å². The number of carbonyl (C=O) groups is 1. The molecule has 23 heavy (non-hydrogen) atoms. The molecular weight excluding hydrogens is 296 g/mol. The fourth-order valence-electron chi connectivity index (χ4n) is 2.59. The highest BCUT2D eigenvalue weighted by Crippen LogP contribution is 2.19. The summed E-state index contributed by atoms with van der Waals surface area (Å²) < 4.78 is 8.60. The highest BCUT2D eigenvalue weighted by atomic mass is 16.5. The van der Waals surface area contributed by atoms with Crippen LogP contribution in [0.4, 0.5) is 10.6 Å². The fourth-order valence-corrected chi connectivity index (χ4v) is 2.59. The third-order valence-electron chi connectivity index (χ3n) is 3.80. The molecule has 0 aliphatic rings. The Kier molecular flexibility index (Phi) is 5.38. The van der Waals surface area contributed by atoms with E-state index in [1.54, 1.807) is 22.7 Å². The summed E-state index contributed by atoms with van der Waals surface area (Å²) >= 11 is 0. The summed E-state index contributed by atoms with van der Waals surface area (Å²) in [5.41, 5.74) is 2.83. The first kappa shape index (κ1) is 17.0. The Morgan fingerprint density at radius 3 is 2.65 bits per heavy atom. The minimum absolute atomic E-state index is 0.285. The lowest BCUT2D eigenvalue weighted by Gasteiger charge is -2.19. The predicted octanol–water partition coefficient (Wildman–Crippen LogP) is 1.53. The third kappa shape index (κ3) is 3.70. The van der Waals surface area contributed by atoms with Crippen molar-refractivity contribution in [2.45, 2.75) is 26.3 Å². The van der Waals surface area contributed by atoms with Crippen LogP contribution >= 0.6 is 0 Å². The van der Waals surface area contributed by atoms with Gasteiger partial charge in [-0.1, -0.05) is 6.92 Å². The van der Waals surface area contributed by atoms with Gasteiger partial charge < -0.3 is 10.1 Å². The topological polar surface area (TPSA) is 86.0 Å². The van der Waals surface area contributed by atoms with Crippen molar-refractivity contribution >= 4 is 11.8 Å². The molecule has 2 heterocycles. The van der Waals surface area contributed by atoms with E-state index in [2.05, 4.69) is 20.8 Å². The van der Waals surface area contributed by atoms with Crippen LogP contribution in [0, 0.1) is 6.92 Å². The number of rotatable bonds is 6. The molecular formula is C15H24N6O2. The van der Waals surface area contributed by atoms with E-state index < -0.39 is 0 Å². The van der Waals surface area contributed by atoms with Gasteiger partial charge in [-0.25, -0.2) is 4.79 Å². The summed E-state index contributed by atoms with van der Waals surface area (Å²) in [5.74, 6) is 0.695. The number of ether oxygens (including phenoxy) is 1. The van der Waals surface area contributed by atoms with E-state index in [4.69, 9.17) is 4.74 Å². The Balaban J connectivity index is 2.11. The van der Waals surface area contributed by atoms with E-state index >= 15 is 0 Å². The normalized spacial score (nSPS) is 12.2. The maximum Gasteiger partial charge on any atom is 0.321 e. The molecule has 0 saturated carbocycles. The monoisotopic (exact) mass is 320 g/mol. The van der Waals surface area contributed by atoms with Crippen LogP contribution in [-0.4, -0.2) is 39.3 Å². The first-order chi connectivity index (χ1) is 11.0. The average Bonchev–Trinajstić information content (AvgIpc) is 3.05. The molecule has 0 aliphatic heterocycles. The number of hydrogen-bond acceptors (Lipinski definition) is 4. The van der Waals surface area contributed by atoms with Gasteiger partial charge in [0.15, 0.2) is 0 Å². The molecule has 2 N–H and O–H groups in total. The molecule has 8 nitrogen and oxygen atoms in total. The number of aryl methyl sites for hydroxylation is 3. The smallest absolute Gasteiger partial charge is 0.321 e. The fraction of sp³-hybridized carbons (Fsp3) is 0.533. The number of aromatic nitrogens is 4. The van der Waals surface area contributed by atoms with Crippen molar-refractivity contribution in [2.24, 2.45) is 14.1 Å². The molecule has 0 aromatic carbocycles. The van der Waals surface area contributed by atoms with Gasteiger partial charge in [0.1, 0.15) is 5.82 Å². The molecule has 0 radical (unpaired) electrons. The van der Waals surface area contributed by atoms with Crippen molar-refractivity contribution in [1.82, 2.24) is 24.9 Å². The molecule has 126 valence electrons. The van der Waals surface area contributed by atoms with Gasteiger partial charge in [0, 0.05) is 33.0 Å². The van der Waals surface area contributed by atoms with Gasteiger partial charge in [0.2, 0.25) is 0 Å². The minimum atomic E-state index is -0.304. The Labute approximate surface area is 135 Å². The summed E-state index contributed by atoms with van der Waals surface area (Å²) in [4.78, 5) is 12.4. The third-order valence-corrected chi connectivity index (χ3v) is 3.80. The van der Waals surface area contributed by atoms with Crippen LogP contribution < -0.4 is 10.6 Å². The van der Waals surface area contributed by atoms with Crippen LogP contribution in [0.3, 0.4) is 0 Å². The van der Waals surface area contributed by atoms with E-state index in [0.29, 0.717) is 12.4 Å². The lowest BCUT2D eigenvalue weighted by Crippen LogP contribution is -2.36. The Morgan fingerprint density at radius 2 is 2.13 bits per heavy atom. The van der Waals surface area contributed by atoms with E-state index in [0.717, 1.165) is 23.4 Å². The number of nitrogens with zero attached hydrogens (tertiary/aromatic N) is 4. The molecule has 0 fully saturated rings. The van der Waals surface area contributed by atoms with Gasteiger partial charge >= 0.3 is 6.03 Å². The highest BCUT2D eigenvalue weighted by Gasteiger charge is 2.19. The van der Waals surface area contributed by atoms with E-state index in [9.17, 15) is 4.79 Å². The Bertz CT molecular complexity index is 676. The number of urea groups is 1. The second-order valence-electron chi connectivity index (χ2n) is 5.38. The van der Waals surface area contributed by atoms with Crippen LogP contribution in [0.2, 0.25) is 0 Å². The van der Waals surface area contributed by atoms with E-state index in [-0.39, 0.29) is 12.1 Å². The van der Waals surface area contributed by atoms with Crippen LogP contribution in [0.15, 0.2) is 12.3 Å². The first-order valence-electron chi connectivity index (χ1n) is 7.54. The summed E-state index contributed by atoms with van der Waals surface area (Å²) in [6, 6.07) is 1.27. The van der Waals surface area contributed by atoms with Gasteiger partial charge in [0.05, 0.1) is 24.0 Å². The van der Waals surface area contributed by atoms with Gasteiger partial charge in [-0.3, -0.25) is 14.7 Å². The summed E-state index contributed by atoms with van der Waals surface area (Å²) in [7, 11) is 5.24. The summed E-state index contributed by atoms with van der Waals surface area (Å²) in [6.45, 7) is 4.35. The number of methoxy groups -OCH3 is 1. The Morgan fingerprint density at radius 1 is 1.39 bits per heavy atom. The van der Waals surface area contributed by atoms with E-state index in [1.807, 2.05) is 34.0 Å². The maximum absolute atomic E-state index is 12.4. The summed E-state index contributed by atoms with van der Waals surface area (Å²) in [5, 5.41) is 14.3. The minimum Gasteiger partial charge on any atom is -0.382 e. The van der Waals surface area contributed by atoms with Crippen molar-refractivity contribution in [3.8, 4) is 0 Å². The van der Waals surface area contributed by atoms with Gasteiger partial charge in [0.25, 0.3) is 0 Å².